The van der Waals surface area contributed by atoms with Crippen LogP contribution >= 0.6 is 0 Å². The summed E-state index contributed by atoms with van der Waals surface area (Å²) in [5, 5.41) is 9.06. The fourth-order valence-corrected chi connectivity index (χ4v) is 3.44. The Morgan fingerprint density at radius 3 is 2.57 bits per heavy atom. The zero-order chi connectivity index (χ0) is 16.3. The van der Waals surface area contributed by atoms with Gasteiger partial charge in [-0.15, -0.1) is 0 Å². The van der Waals surface area contributed by atoms with Crippen molar-refractivity contribution in [3.8, 4) is 17.6 Å². The molecule has 23 heavy (non-hydrogen) atoms. The van der Waals surface area contributed by atoms with Crippen LogP contribution in [0.25, 0.3) is 0 Å². The van der Waals surface area contributed by atoms with Gasteiger partial charge < -0.3 is 9.47 Å². The van der Waals surface area contributed by atoms with E-state index in [1.165, 1.54) is 12.1 Å². The standard InChI is InChI=1S/C16H14N2O4S/c17-11-12-4-1-2-5-16(12)23(19,20)18-13-6-7-14-15(10-13)22-9-3-8-21-14/h1-2,4-7,10,18H,3,8-9H2. The maximum Gasteiger partial charge on any atom is 0.263 e. The van der Waals surface area contributed by atoms with E-state index in [1.807, 2.05) is 6.07 Å². The van der Waals surface area contributed by atoms with Crippen molar-refractivity contribution in [3.05, 3.63) is 48.0 Å². The second-order valence-corrected chi connectivity index (χ2v) is 6.58. The fourth-order valence-electron chi connectivity index (χ4n) is 2.23. The number of sulfonamides is 1. The van der Waals surface area contributed by atoms with Gasteiger partial charge in [-0.05, 0) is 24.3 Å². The van der Waals surface area contributed by atoms with Crippen LogP contribution in [0, 0.1) is 11.3 Å². The highest BCUT2D eigenvalue weighted by Gasteiger charge is 2.19. The molecule has 0 aromatic heterocycles. The Labute approximate surface area is 134 Å². The summed E-state index contributed by atoms with van der Waals surface area (Å²) in [4.78, 5) is -0.0605. The van der Waals surface area contributed by atoms with Gasteiger partial charge in [0.25, 0.3) is 10.0 Å². The van der Waals surface area contributed by atoms with Gasteiger partial charge in [-0.1, -0.05) is 12.1 Å². The van der Waals surface area contributed by atoms with E-state index in [4.69, 9.17) is 14.7 Å². The first-order valence-electron chi connectivity index (χ1n) is 7.02. The summed E-state index contributed by atoms with van der Waals surface area (Å²) in [6.45, 7) is 1.08. The normalized spacial score (nSPS) is 13.7. The Hall–Kier alpha value is -2.72. The van der Waals surface area contributed by atoms with Crippen molar-refractivity contribution in [2.24, 2.45) is 0 Å². The third-order valence-electron chi connectivity index (χ3n) is 3.30. The average molecular weight is 330 g/mol. The molecule has 0 aliphatic carbocycles. The minimum atomic E-state index is -3.86. The predicted octanol–water partition coefficient (Wildman–Crippen LogP) is 2.52. The van der Waals surface area contributed by atoms with Crippen LogP contribution < -0.4 is 14.2 Å². The molecule has 1 heterocycles. The maximum atomic E-state index is 12.5. The molecule has 1 N–H and O–H groups in total. The molecule has 2 aromatic rings. The first-order valence-corrected chi connectivity index (χ1v) is 8.50. The van der Waals surface area contributed by atoms with Gasteiger partial charge in [0.1, 0.15) is 11.0 Å². The van der Waals surface area contributed by atoms with Gasteiger partial charge in [0.05, 0.1) is 24.5 Å². The van der Waals surface area contributed by atoms with Crippen molar-refractivity contribution in [2.75, 3.05) is 17.9 Å². The number of rotatable bonds is 3. The zero-order valence-corrected chi connectivity index (χ0v) is 13.0. The van der Waals surface area contributed by atoms with E-state index in [0.29, 0.717) is 30.4 Å². The number of nitrogens with one attached hydrogen (secondary N) is 1. The summed E-state index contributed by atoms with van der Waals surface area (Å²) in [6.07, 6.45) is 0.769. The van der Waals surface area contributed by atoms with Crippen LogP contribution in [0.4, 0.5) is 5.69 Å². The van der Waals surface area contributed by atoms with Crippen LogP contribution in [0.5, 0.6) is 11.5 Å². The van der Waals surface area contributed by atoms with E-state index in [0.717, 1.165) is 6.42 Å². The van der Waals surface area contributed by atoms with E-state index in [-0.39, 0.29) is 10.5 Å². The first kappa shape index (κ1) is 15.2. The quantitative estimate of drug-likeness (QED) is 0.934. The summed E-state index contributed by atoms with van der Waals surface area (Å²) in [5.74, 6) is 1.08. The maximum absolute atomic E-state index is 12.5. The highest BCUT2D eigenvalue weighted by molar-refractivity contribution is 7.92. The Kier molecular flexibility index (Phi) is 4.08. The number of nitrogens with zero attached hydrogens (tertiary/aromatic N) is 1. The molecule has 1 aliphatic heterocycles. The lowest BCUT2D eigenvalue weighted by Crippen LogP contribution is -2.14. The monoisotopic (exact) mass is 330 g/mol. The number of fused-ring (bicyclic) bond motifs is 1. The molecule has 0 amide bonds. The summed E-state index contributed by atoms with van der Waals surface area (Å²) in [7, 11) is -3.86. The second-order valence-electron chi connectivity index (χ2n) is 4.93. The largest absolute Gasteiger partial charge is 0.490 e. The van der Waals surface area contributed by atoms with Gasteiger partial charge in [0.15, 0.2) is 11.5 Å². The molecule has 0 atom stereocenters. The zero-order valence-electron chi connectivity index (χ0n) is 12.2. The van der Waals surface area contributed by atoms with Crippen LogP contribution in [0.3, 0.4) is 0 Å². The van der Waals surface area contributed by atoms with Gasteiger partial charge in [-0.3, -0.25) is 4.72 Å². The molecular formula is C16H14N2O4S. The molecule has 0 saturated carbocycles. The first-order chi connectivity index (χ1) is 11.1. The molecule has 7 heteroatoms. The van der Waals surface area contributed by atoms with Crippen molar-refractivity contribution in [2.45, 2.75) is 11.3 Å². The molecule has 0 unspecified atom stereocenters. The van der Waals surface area contributed by atoms with Crippen molar-refractivity contribution in [1.82, 2.24) is 0 Å². The fraction of sp³-hybridized carbons (Fsp3) is 0.188. The van der Waals surface area contributed by atoms with Gasteiger partial charge in [-0.2, -0.15) is 5.26 Å². The van der Waals surface area contributed by atoms with Crippen LogP contribution in [0.2, 0.25) is 0 Å². The number of benzene rings is 2. The molecule has 2 aromatic carbocycles. The molecule has 6 nitrogen and oxygen atoms in total. The lowest BCUT2D eigenvalue weighted by atomic mass is 10.2. The van der Waals surface area contributed by atoms with Gasteiger partial charge >= 0.3 is 0 Å². The molecular weight excluding hydrogens is 316 g/mol. The number of nitriles is 1. The third-order valence-corrected chi connectivity index (χ3v) is 4.74. The van der Waals surface area contributed by atoms with E-state index >= 15 is 0 Å². The second kappa shape index (κ2) is 6.18. The predicted molar refractivity (Wildman–Crippen MR) is 84.0 cm³/mol. The summed E-state index contributed by atoms with van der Waals surface area (Å²) in [5.41, 5.74) is 0.441. The summed E-state index contributed by atoms with van der Waals surface area (Å²) < 4.78 is 38.5. The summed E-state index contributed by atoms with van der Waals surface area (Å²) in [6, 6.07) is 12.8. The SMILES string of the molecule is N#Cc1ccccc1S(=O)(=O)Nc1ccc2c(c1)OCCCO2. The van der Waals surface area contributed by atoms with E-state index in [1.54, 1.807) is 30.3 Å². The Morgan fingerprint density at radius 1 is 1.04 bits per heavy atom. The minimum Gasteiger partial charge on any atom is -0.490 e. The van der Waals surface area contributed by atoms with Crippen LogP contribution in [-0.2, 0) is 10.0 Å². The van der Waals surface area contributed by atoms with Gasteiger partial charge in [0.2, 0.25) is 0 Å². The highest BCUT2D eigenvalue weighted by Crippen LogP contribution is 2.33. The molecule has 3 rings (SSSR count). The average Bonchev–Trinajstić information content (AvgIpc) is 2.79. The summed E-state index contributed by atoms with van der Waals surface area (Å²) >= 11 is 0. The smallest absolute Gasteiger partial charge is 0.263 e. The van der Waals surface area contributed by atoms with Crippen molar-refractivity contribution in [3.63, 3.8) is 0 Å². The molecule has 0 bridgehead atoms. The lowest BCUT2D eigenvalue weighted by molar-refractivity contribution is 0.297. The minimum absolute atomic E-state index is 0.0605. The lowest BCUT2D eigenvalue weighted by Gasteiger charge is -2.12. The topological polar surface area (TPSA) is 88.4 Å². The number of ether oxygens (including phenoxy) is 2. The molecule has 118 valence electrons. The van der Waals surface area contributed by atoms with E-state index in [2.05, 4.69) is 4.72 Å². The number of hydrogen-bond acceptors (Lipinski definition) is 5. The van der Waals surface area contributed by atoms with Gasteiger partial charge in [0, 0.05) is 12.5 Å². The van der Waals surface area contributed by atoms with Crippen molar-refractivity contribution in [1.29, 1.82) is 5.26 Å². The molecule has 0 radical (unpaired) electrons. The molecule has 0 fully saturated rings. The molecule has 1 aliphatic rings. The molecule has 0 saturated heterocycles. The third kappa shape index (κ3) is 3.22. The van der Waals surface area contributed by atoms with Crippen LogP contribution in [0.1, 0.15) is 12.0 Å². The van der Waals surface area contributed by atoms with E-state index < -0.39 is 10.0 Å². The molecule has 0 spiro atoms. The Morgan fingerprint density at radius 2 is 1.78 bits per heavy atom. The van der Waals surface area contributed by atoms with Crippen molar-refractivity contribution >= 4 is 15.7 Å². The van der Waals surface area contributed by atoms with Gasteiger partial charge in [-0.25, -0.2) is 8.42 Å². The Balaban J connectivity index is 1.92. The van der Waals surface area contributed by atoms with E-state index in [9.17, 15) is 8.42 Å². The Bertz CT molecular complexity index is 872. The highest BCUT2D eigenvalue weighted by atomic mass is 32.2. The number of hydrogen-bond donors (Lipinski definition) is 1. The van der Waals surface area contributed by atoms with Crippen LogP contribution in [0.15, 0.2) is 47.4 Å². The van der Waals surface area contributed by atoms with Crippen molar-refractivity contribution < 1.29 is 17.9 Å². The van der Waals surface area contributed by atoms with Crippen LogP contribution in [-0.4, -0.2) is 21.6 Å². The number of anilines is 1.